The predicted octanol–water partition coefficient (Wildman–Crippen LogP) is 3.11. The number of carbonyl (C=O) groups is 1. The number of nitrogens with zero attached hydrogens (tertiary/aromatic N) is 1. The molecule has 1 aromatic carbocycles. The Labute approximate surface area is 148 Å². The van der Waals surface area contributed by atoms with Crippen LogP contribution in [0.5, 0.6) is 11.5 Å². The highest BCUT2D eigenvalue weighted by Gasteiger charge is 2.18. The lowest BCUT2D eigenvalue weighted by Crippen LogP contribution is -2.33. The van der Waals surface area contributed by atoms with Crippen molar-refractivity contribution in [1.29, 1.82) is 0 Å². The van der Waals surface area contributed by atoms with Crippen molar-refractivity contribution >= 4 is 17.5 Å². The fourth-order valence-corrected chi connectivity index (χ4v) is 3.42. The van der Waals surface area contributed by atoms with Gasteiger partial charge in [-0.25, -0.2) is 0 Å². The normalized spacial score (nSPS) is 18.0. The van der Waals surface area contributed by atoms with Crippen LogP contribution in [0, 0.1) is 0 Å². The minimum atomic E-state index is -0.119. The van der Waals surface area contributed by atoms with Gasteiger partial charge in [0.2, 0.25) is 0 Å². The van der Waals surface area contributed by atoms with E-state index in [0.29, 0.717) is 41.8 Å². The second-order valence-corrected chi connectivity index (χ2v) is 6.75. The maximum atomic E-state index is 12.3. The van der Waals surface area contributed by atoms with Crippen LogP contribution in [0.2, 0.25) is 5.02 Å². The molecule has 1 saturated heterocycles. The molecule has 6 heteroatoms. The third kappa shape index (κ3) is 4.54. The van der Waals surface area contributed by atoms with Crippen LogP contribution in [-0.2, 0) is 0 Å². The van der Waals surface area contributed by atoms with Gasteiger partial charge in [0.15, 0.2) is 11.5 Å². The van der Waals surface area contributed by atoms with Gasteiger partial charge in [-0.05, 0) is 51.0 Å². The van der Waals surface area contributed by atoms with Crippen molar-refractivity contribution in [3.63, 3.8) is 0 Å². The summed E-state index contributed by atoms with van der Waals surface area (Å²) in [5.74, 6) is 0.973. The summed E-state index contributed by atoms with van der Waals surface area (Å²) in [5.41, 5.74) is 0.516. The molecule has 0 bridgehead atoms. The van der Waals surface area contributed by atoms with Crippen molar-refractivity contribution in [3.8, 4) is 11.5 Å². The van der Waals surface area contributed by atoms with Crippen molar-refractivity contribution in [2.75, 3.05) is 39.4 Å². The molecule has 0 aromatic heterocycles. The van der Waals surface area contributed by atoms with E-state index in [-0.39, 0.29) is 5.91 Å². The van der Waals surface area contributed by atoms with Crippen LogP contribution in [0.4, 0.5) is 0 Å². The van der Waals surface area contributed by atoms with Gasteiger partial charge in [0.25, 0.3) is 5.91 Å². The smallest absolute Gasteiger partial charge is 0.251 e. The molecule has 132 valence electrons. The molecule has 0 radical (unpaired) electrons. The predicted molar refractivity (Wildman–Crippen MR) is 94.3 cm³/mol. The standard InChI is InChI=1S/C18H25ClN2O3/c19-15-12-14(13-16-17(15)24-11-5-10-23-16)18(22)20-6-4-9-21-7-2-1-3-8-21/h12-13H,1-11H2,(H,20,22). The number of rotatable bonds is 5. The topological polar surface area (TPSA) is 50.8 Å². The van der Waals surface area contributed by atoms with Gasteiger partial charge in [-0.15, -0.1) is 0 Å². The van der Waals surface area contributed by atoms with Crippen LogP contribution in [-0.4, -0.2) is 50.2 Å². The average Bonchev–Trinajstić information content (AvgIpc) is 2.85. The Morgan fingerprint density at radius 2 is 1.92 bits per heavy atom. The molecule has 0 aliphatic carbocycles. The highest BCUT2D eigenvalue weighted by Crippen LogP contribution is 2.37. The minimum absolute atomic E-state index is 0.119. The Bertz CT molecular complexity index is 574. The van der Waals surface area contributed by atoms with Crippen LogP contribution in [0.15, 0.2) is 12.1 Å². The Balaban J connectivity index is 1.51. The molecule has 2 heterocycles. The molecule has 1 fully saturated rings. The fourth-order valence-electron chi connectivity index (χ4n) is 3.15. The molecule has 0 unspecified atom stereocenters. The fraction of sp³-hybridized carbons (Fsp3) is 0.611. The van der Waals surface area contributed by atoms with E-state index >= 15 is 0 Å². The zero-order valence-corrected chi connectivity index (χ0v) is 14.7. The number of carbonyl (C=O) groups excluding carboxylic acids is 1. The van der Waals surface area contributed by atoms with Gasteiger partial charge in [0.05, 0.1) is 18.2 Å². The first-order valence-electron chi connectivity index (χ1n) is 8.84. The molecule has 1 aromatic rings. The Morgan fingerprint density at radius 3 is 2.75 bits per heavy atom. The number of nitrogens with one attached hydrogen (secondary N) is 1. The first-order chi connectivity index (χ1) is 11.7. The molecule has 5 nitrogen and oxygen atoms in total. The molecule has 1 N–H and O–H groups in total. The maximum Gasteiger partial charge on any atom is 0.251 e. The third-order valence-corrected chi connectivity index (χ3v) is 4.73. The van der Waals surface area contributed by atoms with Crippen molar-refractivity contribution in [3.05, 3.63) is 22.7 Å². The zero-order valence-electron chi connectivity index (χ0n) is 14.0. The molecular weight excluding hydrogens is 328 g/mol. The first-order valence-corrected chi connectivity index (χ1v) is 9.21. The number of amides is 1. The maximum absolute atomic E-state index is 12.3. The van der Waals surface area contributed by atoms with Crippen LogP contribution < -0.4 is 14.8 Å². The monoisotopic (exact) mass is 352 g/mol. The number of fused-ring (bicyclic) bond motifs is 1. The summed E-state index contributed by atoms with van der Waals surface area (Å²) in [6.45, 7) is 5.24. The van der Waals surface area contributed by atoms with Gasteiger partial charge in [-0.1, -0.05) is 18.0 Å². The van der Waals surface area contributed by atoms with Crippen LogP contribution >= 0.6 is 11.6 Å². The summed E-state index contributed by atoms with van der Waals surface area (Å²) in [7, 11) is 0. The second kappa shape index (κ2) is 8.58. The van der Waals surface area contributed by atoms with Gasteiger partial charge < -0.3 is 19.7 Å². The number of piperidine rings is 1. The Kier molecular flexibility index (Phi) is 6.21. The summed E-state index contributed by atoms with van der Waals surface area (Å²) < 4.78 is 11.2. The Hall–Kier alpha value is -1.46. The zero-order chi connectivity index (χ0) is 16.8. The number of hydrogen-bond donors (Lipinski definition) is 1. The van der Waals surface area contributed by atoms with Crippen LogP contribution in [0.3, 0.4) is 0 Å². The van der Waals surface area contributed by atoms with E-state index in [1.165, 1.54) is 32.4 Å². The van der Waals surface area contributed by atoms with Crippen LogP contribution in [0.25, 0.3) is 0 Å². The van der Waals surface area contributed by atoms with Crippen molar-refractivity contribution in [2.45, 2.75) is 32.1 Å². The highest BCUT2D eigenvalue weighted by molar-refractivity contribution is 6.32. The van der Waals surface area contributed by atoms with E-state index in [9.17, 15) is 4.79 Å². The first kappa shape index (κ1) is 17.4. The minimum Gasteiger partial charge on any atom is -0.489 e. The quantitative estimate of drug-likeness (QED) is 0.827. The lowest BCUT2D eigenvalue weighted by Gasteiger charge is -2.26. The van der Waals surface area contributed by atoms with E-state index in [2.05, 4.69) is 10.2 Å². The molecule has 0 atom stereocenters. The average molecular weight is 353 g/mol. The molecule has 3 rings (SSSR count). The summed E-state index contributed by atoms with van der Waals surface area (Å²) >= 11 is 6.24. The summed E-state index contributed by atoms with van der Waals surface area (Å²) in [5, 5.41) is 3.39. The number of likely N-dealkylation sites (tertiary alicyclic amines) is 1. The van der Waals surface area contributed by atoms with Gasteiger partial charge in [-0.2, -0.15) is 0 Å². The van der Waals surface area contributed by atoms with E-state index in [4.69, 9.17) is 21.1 Å². The summed E-state index contributed by atoms with van der Waals surface area (Å²) in [4.78, 5) is 14.8. The number of benzene rings is 1. The molecule has 1 amide bonds. The molecule has 2 aliphatic rings. The van der Waals surface area contributed by atoms with Gasteiger partial charge in [0.1, 0.15) is 0 Å². The Morgan fingerprint density at radius 1 is 1.12 bits per heavy atom. The summed E-state index contributed by atoms with van der Waals surface area (Å²) in [6.07, 6.45) is 5.70. The number of hydrogen-bond acceptors (Lipinski definition) is 4. The largest absolute Gasteiger partial charge is 0.489 e. The molecule has 24 heavy (non-hydrogen) atoms. The molecule has 0 saturated carbocycles. The molecular formula is C18H25ClN2O3. The van der Waals surface area contributed by atoms with E-state index < -0.39 is 0 Å². The molecule has 2 aliphatic heterocycles. The SMILES string of the molecule is O=C(NCCCN1CCCCC1)c1cc(Cl)c2c(c1)OCCCO2. The summed E-state index contributed by atoms with van der Waals surface area (Å²) in [6, 6.07) is 3.36. The second-order valence-electron chi connectivity index (χ2n) is 6.35. The number of halogens is 1. The van der Waals surface area contributed by atoms with Crippen molar-refractivity contribution in [1.82, 2.24) is 10.2 Å². The van der Waals surface area contributed by atoms with E-state index in [1.807, 2.05) is 0 Å². The van der Waals surface area contributed by atoms with Gasteiger partial charge in [0, 0.05) is 18.5 Å². The third-order valence-electron chi connectivity index (χ3n) is 4.45. The highest BCUT2D eigenvalue weighted by atomic mass is 35.5. The van der Waals surface area contributed by atoms with Gasteiger partial charge in [-0.3, -0.25) is 4.79 Å². The van der Waals surface area contributed by atoms with E-state index in [1.54, 1.807) is 12.1 Å². The van der Waals surface area contributed by atoms with Crippen LogP contribution in [0.1, 0.15) is 42.5 Å². The number of ether oxygens (including phenoxy) is 2. The van der Waals surface area contributed by atoms with E-state index in [0.717, 1.165) is 19.4 Å². The molecule has 0 spiro atoms. The van der Waals surface area contributed by atoms with Crippen molar-refractivity contribution in [2.24, 2.45) is 0 Å². The lowest BCUT2D eigenvalue weighted by molar-refractivity contribution is 0.0950. The van der Waals surface area contributed by atoms with Crippen molar-refractivity contribution < 1.29 is 14.3 Å². The lowest BCUT2D eigenvalue weighted by atomic mass is 10.1. The van der Waals surface area contributed by atoms with Gasteiger partial charge >= 0.3 is 0 Å².